The van der Waals surface area contributed by atoms with Crippen LogP contribution in [-0.2, 0) is 0 Å². The molecule has 0 N–H and O–H groups in total. The van der Waals surface area contributed by atoms with Gasteiger partial charge in [0.15, 0.2) is 0 Å². The molecular weight excluding hydrogens is 412 g/mol. The predicted molar refractivity (Wildman–Crippen MR) is 145 cm³/mol. The normalized spacial score (nSPS) is 14.9. The highest BCUT2D eigenvalue weighted by Crippen LogP contribution is 2.43. The summed E-state index contributed by atoms with van der Waals surface area (Å²) < 4.78 is 0. The Labute approximate surface area is 203 Å². The second-order valence-corrected chi connectivity index (χ2v) is 9.41. The lowest BCUT2D eigenvalue weighted by Crippen LogP contribution is -2.31. The van der Waals surface area contributed by atoms with Crippen LogP contribution in [-0.4, -0.2) is 0 Å². The maximum absolute atomic E-state index is 2.44. The average Bonchev–Trinajstić information content (AvgIpc) is 2.84. The Morgan fingerprint density at radius 2 is 0.971 bits per heavy atom. The number of nitrogens with zero attached hydrogens (tertiary/aromatic N) is 2. The number of anilines is 5. The van der Waals surface area contributed by atoms with Gasteiger partial charge in [0.05, 0.1) is 0 Å². The number of benzene rings is 4. The van der Waals surface area contributed by atoms with Gasteiger partial charge in [0, 0.05) is 40.1 Å². The molecule has 0 saturated heterocycles. The maximum atomic E-state index is 2.44. The largest absolute Gasteiger partial charge is 0.314 e. The summed E-state index contributed by atoms with van der Waals surface area (Å²) in [7, 11) is 0. The molecule has 0 saturated carbocycles. The molecule has 2 heteroatoms. The van der Waals surface area contributed by atoms with Crippen molar-refractivity contribution in [3.05, 3.63) is 127 Å². The van der Waals surface area contributed by atoms with Crippen molar-refractivity contribution >= 4 is 28.4 Å². The van der Waals surface area contributed by atoms with Gasteiger partial charge in [0.1, 0.15) is 0 Å². The van der Waals surface area contributed by atoms with Gasteiger partial charge in [-0.2, -0.15) is 0 Å². The van der Waals surface area contributed by atoms with Gasteiger partial charge in [-0.05, 0) is 79.9 Å². The van der Waals surface area contributed by atoms with Crippen molar-refractivity contribution in [3.8, 4) is 0 Å². The van der Waals surface area contributed by atoms with Crippen molar-refractivity contribution in [1.82, 2.24) is 0 Å². The third-order valence-corrected chi connectivity index (χ3v) is 6.71. The maximum Gasteiger partial charge on any atom is 0.0463 e. The smallest absolute Gasteiger partial charge is 0.0463 e. The van der Waals surface area contributed by atoms with Crippen molar-refractivity contribution in [2.24, 2.45) is 11.8 Å². The van der Waals surface area contributed by atoms with Crippen LogP contribution in [0.1, 0.15) is 25.8 Å². The lowest BCUT2D eigenvalue weighted by Gasteiger charge is -2.40. The summed E-state index contributed by atoms with van der Waals surface area (Å²) in [6.45, 7) is 6.79. The Hall–Kier alpha value is -3.78. The summed E-state index contributed by atoms with van der Waals surface area (Å²) in [6, 6.07) is 39.0. The summed E-state index contributed by atoms with van der Waals surface area (Å²) in [5.74, 6) is 1.21. The molecule has 0 heterocycles. The lowest BCUT2D eigenvalue weighted by atomic mass is 9.80. The van der Waals surface area contributed by atoms with Crippen LogP contribution in [0.4, 0.5) is 28.4 Å². The van der Waals surface area contributed by atoms with Crippen LogP contribution in [0.15, 0.2) is 121 Å². The molecule has 1 atom stereocenters. The van der Waals surface area contributed by atoms with Gasteiger partial charge in [0.2, 0.25) is 0 Å². The Bertz CT molecular complexity index is 1200. The first kappa shape index (κ1) is 22.0. The monoisotopic (exact) mass is 444 g/mol. The fourth-order valence-corrected chi connectivity index (χ4v) is 4.72. The fraction of sp³-hybridized carbons (Fsp3) is 0.188. The van der Waals surface area contributed by atoms with Gasteiger partial charge in [-0.15, -0.1) is 0 Å². The van der Waals surface area contributed by atoms with Gasteiger partial charge in [-0.3, -0.25) is 0 Å². The molecule has 5 rings (SSSR count). The number of rotatable bonds is 7. The second kappa shape index (κ2) is 9.61. The lowest BCUT2D eigenvalue weighted by molar-refractivity contribution is 0.404. The molecule has 2 nitrogen and oxygen atoms in total. The Morgan fingerprint density at radius 3 is 1.38 bits per heavy atom. The van der Waals surface area contributed by atoms with E-state index in [1.54, 1.807) is 0 Å². The van der Waals surface area contributed by atoms with E-state index in [4.69, 9.17) is 0 Å². The molecule has 0 radical (unpaired) electrons. The highest BCUT2D eigenvalue weighted by atomic mass is 15.2. The molecule has 0 aliphatic heterocycles. The van der Waals surface area contributed by atoms with E-state index in [2.05, 4.69) is 146 Å². The summed E-state index contributed by atoms with van der Waals surface area (Å²) in [5, 5.41) is 0. The molecule has 4 aromatic rings. The summed E-state index contributed by atoms with van der Waals surface area (Å²) >= 11 is 0. The van der Waals surface area contributed by atoms with Gasteiger partial charge >= 0.3 is 0 Å². The topological polar surface area (TPSA) is 6.48 Å². The molecule has 4 aromatic carbocycles. The van der Waals surface area contributed by atoms with E-state index in [0.29, 0.717) is 11.8 Å². The van der Waals surface area contributed by atoms with E-state index in [9.17, 15) is 0 Å². The van der Waals surface area contributed by atoms with Crippen LogP contribution < -0.4 is 9.80 Å². The van der Waals surface area contributed by atoms with Crippen LogP contribution in [0.5, 0.6) is 0 Å². The molecule has 1 aliphatic carbocycles. The predicted octanol–water partition coefficient (Wildman–Crippen LogP) is 9.16. The van der Waals surface area contributed by atoms with Crippen LogP contribution in [0.25, 0.3) is 0 Å². The van der Waals surface area contributed by atoms with E-state index in [0.717, 1.165) is 23.5 Å². The minimum Gasteiger partial charge on any atom is -0.314 e. The Morgan fingerprint density at radius 1 is 0.559 bits per heavy atom. The SMILES string of the molecule is Cc1ccc(N(C2=CC[C@H]2C(C)C)c2ccc(N(c3ccccc3)c3ccccc3)cc2)cc1. The number of hydrogen-bond acceptors (Lipinski definition) is 2. The van der Waals surface area contributed by atoms with Gasteiger partial charge in [0.25, 0.3) is 0 Å². The average molecular weight is 445 g/mol. The van der Waals surface area contributed by atoms with Crippen molar-refractivity contribution < 1.29 is 0 Å². The zero-order valence-electron chi connectivity index (χ0n) is 20.2. The third-order valence-electron chi connectivity index (χ3n) is 6.71. The molecule has 1 aliphatic rings. The van der Waals surface area contributed by atoms with Crippen LogP contribution in [0.2, 0.25) is 0 Å². The fourth-order valence-electron chi connectivity index (χ4n) is 4.72. The highest BCUT2D eigenvalue weighted by molar-refractivity contribution is 5.79. The molecule has 0 amide bonds. The number of para-hydroxylation sites is 2. The first-order valence-electron chi connectivity index (χ1n) is 12.2. The van der Waals surface area contributed by atoms with Crippen LogP contribution in [0.3, 0.4) is 0 Å². The van der Waals surface area contributed by atoms with Gasteiger partial charge in [-0.1, -0.05) is 74.0 Å². The Kier molecular flexibility index (Phi) is 6.22. The van der Waals surface area contributed by atoms with Crippen LogP contribution in [0, 0.1) is 18.8 Å². The number of allylic oxidation sites excluding steroid dienone is 2. The van der Waals surface area contributed by atoms with E-state index < -0.39 is 0 Å². The standard InChI is InChI=1S/C32H32N2/c1-24(2)31-22-23-32(31)34(29-16-14-25(3)15-17-29)30-20-18-28(19-21-30)33(26-10-6-4-7-11-26)27-12-8-5-9-13-27/h4-21,23-24,31H,22H2,1-3H3/t31-/m0/s1. The van der Waals surface area contributed by atoms with Gasteiger partial charge < -0.3 is 9.80 Å². The van der Waals surface area contributed by atoms with Crippen LogP contribution >= 0.6 is 0 Å². The molecular formula is C32H32N2. The summed E-state index contributed by atoms with van der Waals surface area (Å²) in [5.41, 5.74) is 8.56. The molecule has 0 spiro atoms. The van der Waals surface area contributed by atoms with E-state index in [-0.39, 0.29) is 0 Å². The summed E-state index contributed by atoms with van der Waals surface area (Å²) in [4.78, 5) is 4.74. The molecule has 0 fully saturated rings. The van der Waals surface area contributed by atoms with Crippen molar-refractivity contribution in [2.45, 2.75) is 27.2 Å². The van der Waals surface area contributed by atoms with E-state index >= 15 is 0 Å². The molecule has 170 valence electrons. The number of hydrogen-bond donors (Lipinski definition) is 0. The number of aryl methyl sites for hydroxylation is 1. The first-order valence-corrected chi connectivity index (χ1v) is 12.2. The zero-order chi connectivity index (χ0) is 23.5. The van der Waals surface area contributed by atoms with Crippen molar-refractivity contribution in [1.29, 1.82) is 0 Å². The molecule has 0 bridgehead atoms. The van der Waals surface area contributed by atoms with Gasteiger partial charge in [-0.25, -0.2) is 0 Å². The minimum atomic E-state index is 0.589. The quantitative estimate of drug-likeness (QED) is 0.280. The third kappa shape index (κ3) is 4.36. The Balaban J connectivity index is 1.54. The molecule has 0 aromatic heterocycles. The van der Waals surface area contributed by atoms with Crippen molar-refractivity contribution in [3.63, 3.8) is 0 Å². The first-order chi connectivity index (χ1) is 16.6. The summed E-state index contributed by atoms with van der Waals surface area (Å²) in [6.07, 6.45) is 3.54. The van der Waals surface area contributed by atoms with Crippen molar-refractivity contribution in [2.75, 3.05) is 9.80 Å². The zero-order valence-corrected chi connectivity index (χ0v) is 20.2. The minimum absolute atomic E-state index is 0.589. The molecule has 34 heavy (non-hydrogen) atoms. The highest BCUT2D eigenvalue weighted by Gasteiger charge is 2.30. The molecule has 0 unspecified atom stereocenters. The second-order valence-electron chi connectivity index (χ2n) is 9.41. The van der Waals surface area contributed by atoms with E-state index in [1.165, 1.54) is 22.6 Å². The van der Waals surface area contributed by atoms with E-state index in [1.807, 2.05) is 0 Å².